The molecule has 0 spiro atoms. The Morgan fingerprint density at radius 2 is 1.93 bits per heavy atom. The first kappa shape index (κ1) is 10.1. The summed E-state index contributed by atoms with van der Waals surface area (Å²) in [6.45, 7) is 6.94. The third kappa shape index (κ3) is 0.871. The second-order valence-electron chi connectivity index (χ2n) is 5.67. The van der Waals surface area contributed by atoms with Crippen LogP contribution in [0.25, 0.3) is 0 Å². The second kappa shape index (κ2) is 2.43. The third-order valence-electron chi connectivity index (χ3n) is 4.84. The van der Waals surface area contributed by atoms with Crippen molar-refractivity contribution in [2.75, 3.05) is 0 Å². The molecule has 3 aliphatic rings. The molecule has 0 aromatic rings. The van der Waals surface area contributed by atoms with Crippen LogP contribution in [0.3, 0.4) is 0 Å². The number of hydrogen-bond donors (Lipinski definition) is 0. The molecule has 1 saturated heterocycles. The summed E-state index contributed by atoms with van der Waals surface area (Å²) in [5.74, 6) is 1.33. The molecule has 14 heavy (non-hydrogen) atoms. The SMILES string of the molecule is CC(C)[C@@]12CC[C@]3(C)[C@H]([C@@H]1O2)C3(Br)Br. The zero-order chi connectivity index (χ0) is 10.4. The molecule has 0 radical (unpaired) electrons. The molecular formula is C11H16Br2O. The zero-order valence-corrected chi connectivity index (χ0v) is 12.0. The van der Waals surface area contributed by atoms with Crippen molar-refractivity contribution in [2.45, 2.75) is 48.6 Å². The Labute approximate surface area is 102 Å². The fourth-order valence-corrected chi connectivity index (χ4v) is 5.58. The lowest BCUT2D eigenvalue weighted by Gasteiger charge is -2.23. The molecule has 0 aromatic carbocycles. The standard InChI is InChI=1S/C11H16Br2O/c1-6(2)10-5-4-9(3)7(8(10)14-10)11(9,12)13/h6-8H,4-5H2,1-3H3/t7-,8-,9+,10-/m0/s1. The largest absolute Gasteiger partial charge is 0.365 e. The number of ether oxygens (including phenoxy) is 1. The highest BCUT2D eigenvalue weighted by atomic mass is 79.9. The third-order valence-corrected chi connectivity index (χ3v) is 7.64. The van der Waals surface area contributed by atoms with Gasteiger partial charge < -0.3 is 4.74 Å². The van der Waals surface area contributed by atoms with E-state index in [-0.39, 0.29) is 8.83 Å². The number of alkyl halides is 2. The van der Waals surface area contributed by atoms with Crippen LogP contribution in [0.4, 0.5) is 0 Å². The van der Waals surface area contributed by atoms with Crippen LogP contribution in [0, 0.1) is 17.3 Å². The van der Waals surface area contributed by atoms with Crippen LogP contribution >= 0.6 is 31.9 Å². The van der Waals surface area contributed by atoms with Gasteiger partial charge in [0.05, 0.1) is 14.9 Å². The highest BCUT2D eigenvalue weighted by Crippen LogP contribution is 2.82. The monoisotopic (exact) mass is 322 g/mol. The van der Waals surface area contributed by atoms with Crippen molar-refractivity contribution in [1.82, 2.24) is 0 Å². The van der Waals surface area contributed by atoms with Crippen molar-refractivity contribution in [2.24, 2.45) is 17.3 Å². The molecule has 3 heteroatoms. The highest BCUT2D eigenvalue weighted by molar-refractivity contribution is 9.25. The van der Waals surface area contributed by atoms with Gasteiger partial charge in [0.1, 0.15) is 0 Å². The Morgan fingerprint density at radius 1 is 1.29 bits per heavy atom. The molecule has 3 rings (SSSR count). The van der Waals surface area contributed by atoms with Gasteiger partial charge in [-0.25, -0.2) is 0 Å². The van der Waals surface area contributed by atoms with Gasteiger partial charge in [-0.15, -0.1) is 0 Å². The van der Waals surface area contributed by atoms with E-state index in [0.29, 0.717) is 23.4 Å². The second-order valence-corrected chi connectivity index (χ2v) is 9.23. The van der Waals surface area contributed by atoms with Gasteiger partial charge in [0.15, 0.2) is 0 Å². The quantitative estimate of drug-likeness (QED) is 0.529. The van der Waals surface area contributed by atoms with E-state index in [4.69, 9.17) is 4.74 Å². The number of epoxide rings is 1. The van der Waals surface area contributed by atoms with Crippen molar-refractivity contribution >= 4 is 31.9 Å². The maximum Gasteiger partial charge on any atom is 0.0975 e. The van der Waals surface area contributed by atoms with Gasteiger partial charge in [0.25, 0.3) is 0 Å². The lowest BCUT2D eigenvalue weighted by molar-refractivity contribution is 0.214. The van der Waals surface area contributed by atoms with Crippen LogP contribution in [0.15, 0.2) is 0 Å². The van der Waals surface area contributed by atoms with E-state index >= 15 is 0 Å². The predicted octanol–water partition coefficient (Wildman–Crippen LogP) is 3.70. The molecule has 1 aliphatic heterocycles. The summed E-state index contributed by atoms with van der Waals surface area (Å²) in [5.41, 5.74) is 0.653. The topological polar surface area (TPSA) is 12.5 Å². The predicted molar refractivity (Wildman–Crippen MR) is 63.9 cm³/mol. The summed E-state index contributed by atoms with van der Waals surface area (Å²) in [7, 11) is 0. The summed E-state index contributed by atoms with van der Waals surface area (Å²) < 4.78 is 6.18. The van der Waals surface area contributed by atoms with E-state index in [0.717, 1.165) is 0 Å². The Kier molecular flexibility index (Phi) is 1.75. The number of fused-ring (bicyclic) bond motifs is 3. The highest BCUT2D eigenvalue weighted by Gasteiger charge is 2.84. The van der Waals surface area contributed by atoms with E-state index < -0.39 is 0 Å². The number of halogens is 2. The Hall–Kier alpha value is 0.920. The first-order valence-corrected chi connectivity index (χ1v) is 7.00. The molecule has 80 valence electrons. The smallest absolute Gasteiger partial charge is 0.0975 e. The van der Waals surface area contributed by atoms with Crippen LogP contribution < -0.4 is 0 Å². The fourth-order valence-electron chi connectivity index (χ4n) is 3.43. The van der Waals surface area contributed by atoms with Crippen molar-refractivity contribution in [3.8, 4) is 0 Å². The van der Waals surface area contributed by atoms with Gasteiger partial charge in [0, 0.05) is 11.3 Å². The van der Waals surface area contributed by atoms with Crippen molar-refractivity contribution in [3.05, 3.63) is 0 Å². The number of rotatable bonds is 1. The Bertz CT molecular complexity index is 302. The minimum absolute atomic E-state index is 0.158. The van der Waals surface area contributed by atoms with Crippen LogP contribution in [-0.4, -0.2) is 14.9 Å². The van der Waals surface area contributed by atoms with Gasteiger partial charge >= 0.3 is 0 Å². The van der Waals surface area contributed by atoms with Crippen molar-refractivity contribution in [1.29, 1.82) is 0 Å². The van der Waals surface area contributed by atoms with Gasteiger partial charge in [-0.1, -0.05) is 52.6 Å². The average molecular weight is 324 g/mol. The maximum atomic E-state index is 6.02. The molecule has 0 amide bonds. The summed E-state index contributed by atoms with van der Waals surface area (Å²) in [5, 5.41) is 0. The van der Waals surface area contributed by atoms with E-state index in [1.165, 1.54) is 12.8 Å². The molecule has 0 aromatic heterocycles. The van der Waals surface area contributed by atoms with E-state index in [2.05, 4.69) is 52.6 Å². The van der Waals surface area contributed by atoms with Crippen LogP contribution in [0.2, 0.25) is 0 Å². The molecule has 1 nitrogen and oxygen atoms in total. The molecule has 0 bridgehead atoms. The van der Waals surface area contributed by atoms with E-state index in [1.807, 2.05) is 0 Å². The molecule has 4 atom stereocenters. The molecule has 1 heterocycles. The van der Waals surface area contributed by atoms with E-state index in [1.54, 1.807) is 0 Å². The van der Waals surface area contributed by atoms with Gasteiger partial charge in [-0.05, 0) is 18.8 Å². The molecule has 3 fully saturated rings. The summed E-state index contributed by atoms with van der Waals surface area (Å²) >= 11 is 7.63. The zero-order valence-electron chi connectivity index (χ0n) is 8.81. The lowest BCUT2D eigenvalue weighted by atomic mass is 9.77. The summed E-state index contributed by atoms with van der Waals surface area (Å²) in [4.78, 5) is 0. The lowest BCUT2D eigenvalue weighted by Crippen LogP contribution is -2.29. The van der Waals surface area contributed by atoms with Gasteiger partial charge in [-0.3, -0.25) is 0 Å². The Morgan fingerprint density at radius 3 is 2.50 bits per heavy atom. The van der Waals surface area contributed by atoms with Gasteiger partial charge in [0.2, 0.25) is 0 Å². The Balaban J connectivity index is 1.89. The van der Waals surface area contributed by atoms with Crippen molar-refractivity contribution in [3.63, 3.8) is 0 Å². The minimum Gasteiger partial charge on any atom is -0.365 e. The summed E-state index contributed by atoms with van der Waals surface area (Å²) in [6, 6.07) is 0. The molecule has 2 aliphatic carbocycles. The number of hydrogen-bond acceptors (Lipinski definition) is 1. The fraction of sp³-hybridized carbons (Fsp3) is 1.00. The average Bonchev–Trinajstić information content (AvgIpc) is 2.87. The molecule has 2 saturated carbocycles. The van der Waals surface area contributed by atoms with Crippen LogP contribution in [0.5, 0.6) is 0 Å². The first-order valence-electron chi connectivity index (χ1n) is 5.42. The van der Waals surface area contributed by atoms with Crippen LogP contribution in [-0.2, 0) is 4.74 Å². The molecule has 0 unspecified atom stereocenters. The van der Waals surface area contributed by atoms with Gasteiger partial charge in [-0.2, -0.15) is 0 Å². The molecule has 0 N–H and O–H groups in total. The maximum absolute atomic E-state index is 6.02. The minimum atomic E-state index is 0.158. The normalized spacial score (nSPS) is 57.9. The van der Waals surface area contributed by atoms with Crippen molar-refractivity contribution < 1.29 is 4.74 Å². The first-order chi connectivity index (χ1) is 6.36. The summed E-state index contributed by atoms with van der Waals surface area (Å²) in [6.07, 6.45) is 3.02. The molecular weight excluding hydrogens is 308 g/mol. The van der Waals surface area contributed by atoms with E-state index in [9.17, 15) is 0 Å². The van der Waals surface area contributed by atoms with Crippen LogP contribution in [0.1, 0.15) is 33.6 Å².